The Morgan fingerprint density at radius 1 is 1.30 bits per heavy atom. The van der Waals surface area contributed by atoms with Gasteiger partial charge in [0.2, 0.25) is 11.8 Å². The van der Waals surface area contributed by atoms with Gasteiger partial charge >= 0.3 is 6.09 Å². The number of thioether (sulfide) groups is 1. The van der Waals surface area contributed by atoms with Crippen molar-refractivity contribution in [1.29, 1.82) is 0 Å². The number of hydrogen-bond acceptors (Lipinski definition) is 7. The van der Waals surface area contributed by atoms with E-state index in [1.54, 1.807) is 4.90 Å². The molecule has 1 atom stereocenters. The first kappa shape index (κ1) is 22.1. The van der Waals surface area contributed by atoms with Crippen molar-refractivity contribution >= 4 is 29.4 Å². The van der Waals surface area contributed by atoms with Gasteiger partial charge in [-0.25, -0.2) is 4.79 Å². The van der Waals surface area contributed by atoms with Gasteiger partial charge in [0.05, 0.1) is 5.75 Å². The maximum Gasteiger partial charge on any atom is 0.410 e. The lowest BCUT2D eigenvalue weighted by atomic mass is 10.1. The average Bonchev–Trinajstić information content (AvgIpc) is 3.31. The fourth-order valence-electron chi connectivity index (χ4n) is 3.18. The highest BCUT2D eigenvalue weighted by Gasteiger charge is 2.36. The molecule has 2 heterocycles. The minimum absolute atomic E-state index is 0.148. The van der Waals surface area contributed by atoms with E-state index in [4.69, 9.17) is 9.15 Å². The molecule has 1 aliphatic heterocycles. The molecule has 0 bridgehead atoms. The van der Waals surface area contributed by atoms with Crippen LogP contribution in [0.3, 0.4) is 0 Å². The highest BCUT2D eigenvalue weighted by atomic mass is 32.2. The van der Waals surface area contributed by atoms with Gasteiger partial charge in [0, 0.05) is 12.2 Å². The number of amides is 2. The summed E-state index contributed by atoms with van der Waals surface area (Å²) >= 11 is 1.17. The second kappa shape index (κ2) is 9.07. The first-order valence-electron chi connectivity index (χ1n) is 9.96. The molecule has 1 fully saturated rings. The summed E-state index contributed by atoms with van der Waals surface area (Å²) in [6.07, 6.45) is 1.19. The first-order chi connectivity index (χ1) is 14.1. The van der Waals surface area contributed by atoms with Gasteiger partial charge in [0.25, 0.3) is 5.22 Å². The van der Waals surface area contributed by atoms with Crippen LogP contribution >= 0.6 is 11.8 Å². The zero-order chi connectivity index (χ0) is 21.9. The molecular weight excluding hydrogens is 404 g/mol. The fourth-order valence-corrected chi connectivity index (χ4v) is 3.75. The summed E-state index contributed by atoms with van der Waals surface area (Å²) < 4.78 is 11.2. The van der Waals surface area contributed by atoms with E-state index in [9.17, 15) is 9.59 Å². The molecule has 2 amide bonds. The minimum Gasteiger partial charge on any atom is -0.444 e. The number of nitrogens with zero attached hydrogens (tertiary/aromatic N) is 3. The van der Waals surface area contributed by atoms with Crippen molar-refractivity contribution in [3.05, 3.63) is 35.2 Å². The van der Waals surface area contributed by atoms with Gasteiger partial charge in [-0.15, -0.1) is 10.2 Å². The molecule has 3 rings (SSSR count). The van der Waals surface area contributed by atoms with Crippen molar-refractivity contribution < 1.29 is 18.7 Å². The minimum atomic E-state index is -0.566. The molecule has 1 aromatic heterocycles. The van der Waals surface area contributed by atoms with Crippen molar-refractivity contribution in [2.75, 3.05) is 17.6 Å². The number of anilines is 1. The standard InChI is InChI=1S/C21H28N4O4S/c1-13-8-6-9-15(14(13)2)22-17(26)12-30-19-24-23-18(28-19)16-10-7-11-25(16)20(27)29-21(3,4)5/h6,8-9,16H,7,10-12H2,1-5H3,(H,22,26)/t16-/m1/s1. The third-order valence-corrected chi connectivity index (χ3v) is 5.61. The molecule has 9 heteroatoms. The summed E-state index contributed by atoms with van der Waals surface area (Å²) in [5.74, 6) is 0.371. The zero-order valence-corrected chi connectivity index (χ0v) is 18.8. The van der Waals surface area contributed by atoms with Gasteiger partial charge < -0.3 is 14.5 Å². The lowest BCUT2D eigenvalue weighted by Crippen LogP contribution is -2.36. The summed E-state index contributed by atoms with van der Waals surface area (Å²) in [6, 6.07) is 5.49. The molecule has 162 valence electrons. The number of hydrogen-bond donors (Lipinski definition) is 1. The lowest BCUT2D eigenvalue weighted by Gasteiger charge is -2.27. The second-order valence-electron chi connectivity index (χ2n) is 8.32. The van der Waals surface area contributed by atoms with E-state index < -0.39 is 5.60 Å². The van der Waals surface area contributed by atoms with E-state index in [0.29, 0.717) is 17.7 Å². The Morgan fingerprint density at radius 2 is 2.07 bits per heavy atom. The molecule has 0 spiro atoms. The monoisotopic (exact) mass is 432 g/mol. The van der Waals surface area contributed by atoms with E-state index >= 15 is 0 Å². The third-order valence-electron chi connectivity index (χ3n) is 4.79. The molecular formula is C21H28N4O4S. The van der Waals surface area contributed by atoms with Crippen LogP contribution in [-0.2, 0) is 9.53 Å². The van der Waals surface area contributed by atoms with Gasteiger partial charge in [-0.05, 0) is 64.7 Å². The lowest BCUT2D eigenvalue weighted by molar-refractivity contribution is -0.113. The smallest absolute Gasteiger partial charge is 0.410 e. The van der Waals surface area contributed by atoms with E-state index in [1.165, 1.54) is 11.8 Å². The number of carbonyl (C=O) groups excluding carboxylic acids is 2. The largest absolute Gasteiger partial charge is 0.444 e. The van der Waals surface area contributed by atoms with Gasteiger partial charge in [0.1, 0.15) is 11.6 Å². The van der Waals surface area contributed by atoms with Crippen LogP contribution in [0.25, 0.3) is 0 Å². The number of carbonyl (C=O) groups is 2. The Bertz CT molecular complexity index is 922. The van der Waals surface area contributed by atoms with Crippen molar-refractivity contribution in [1.82, 2.24) is 15.1 Å². The Balaban J connectivity index is 1.57. The van der Waals surface area contributed by atoms with Crippen LogP contribution in [0.4, 0.5) is 10.5 Å². The molecule has 1 aliphatic rings. The molecule has 1 saturated heterocycles. The molecule has 2 aromatic rings. The molecule has 0 radical (unpaired) electrons. The van der Waals surface area contributed by atoms with E-state index in [0.717, 1.165) is 29.7 Å². The number of benzene rings is 1. The number of nitrogens with one attached hydrogen (secondary N) is 1. The zero-order valence-electron chi connectivity index (χ0n) is 18.0. The molecule has 1 aromatic carbocycles. The normalized spacial score (nSPS) is 16.6. The van der Waals surface area contributed by atoms with Crippen LogP contribution in [0, 0.1) is 13.8 Å². The molecule has 0 unspecified atom stereocenters. The second-order valence-corrected chi connectivity index (χ2v) is 9.25. The number of rotatable bonds is 5. The number of aromatic nitrogens is 2. The molecule has 0 aliphatic carbocycles. The predicted molar refractivity (Wildman–Crippen MR) is 114 cm³/mol. The van der Waals surface area contributed by atoms with Crippen molar-refractivity contribution in [2.24, 2.45) is 0 Å². The highest BCUT2D eigenvalue weighted by molar-refractivity contribution is 7.99. The van der Waals surface area contributed by atoms with Gasteiger partial charge in [-0.2, -0.15) is 0 Å². The Hall–Kier alpha value is -2.55. The Kier molecular flexibility index (Phi) is 6.70. The summed E-state index contributed by atoms with van der Waals surface area (Å²) in [4.78, 5) is 26.4. The van der Waals surface area contributed by atoms with E-state index in [2.05, 4.69) is 15.5 Å². The van der Waals surface area contributed by atoms with Crippen LogP contribution in [-0.4, -0.2) is 45.0 Å². The van der Waals surface area contributed by atoms with E-state index in [1.807, 2.05) is 52.8 Å². The predicted octanol–water partition coefficient (Wildman–Crippen LogP) is 4.49. The van der Waals surface area contributed by atoms with Crippen LogP contribution < -0.4 is 5.32 Å². The highest BCUT2D eigenvalue weighted by Crippen LogP contribution is 2.33. The van der Waals surface area contributed by atoms with Crippen LogP contribution in [0.1, 0.15) is 56.7 Å². The van der Waals surface area contributed by atoms with Crippen molar-refractivity contribution in [3.8, 4) is 0 Å². The molecule has 30 heavy (non-hydrogen) atoms. The summed E-state index contributed by atoms with van der Waals surface area (Å²) in [5.41, 5.74) is 2.39. The maximum atomic E-state index is 12.4. The maximum absolute atomic E-state index is 12.4. The van der Waals surface area contributed by atoms with Crippen molar-refractivity contribution in [3.63, 3.8) is 0 Å². The quantitative estimate of drug-likeness (QED) is 0.695. The number of likely N-dealkylation sites (tertiary alicyclic amines) is 1. The fraction of sp³-hybridized carbons (Fsp3) is 0.524. The summed E-state index contributed by atoms with van der Waals surface area (Å²) in [7, 11) is 0. The number of aryl methyl sites for hydroxylation is 1. The van der Waals surface area contributed by atoms with E-state index in [-0.39, 0.29) is 23.8 Å². The molecule has 8 nitrogen and oxygen atoms in total. The summed E-state index contributed by atoms with van der Waals surface area (Å²) in [6.45, 7) is 10.1. The van der Waals surface area contributed by atoms with Gasteiger partial charge in [-0.1, -0.05) is 23.9 Å². The van der Waals surface area contributed by atoms with Crippen molar-refractivity contribution in [2.45, 2.75) is 64.3 Å². The Labute approximate surface area is 180 Å². The topological polar surface area (TPSA) is 97.6 Å². The van der Waals surface area contributed by atoms with Crippen LogP contribution in [0.5, 0.6) is 0 Å². The van der Waals surface area contributed by atoms with Crippen LogP contribution in [0.15, 0.2) is 27.8 Å². The molecule has 1 N–H and O–H groups in total. The average molecular weight is 433 g/mol. The SMILES string of the molecule is Cc1cccc(NC(=O)CSc2nnc([C@H]3CCCN3C(=O)OC(C)(C)C)o2)c1C. The molecule has 0 saturated carbocycles. The third kappa shape index (κ3) is 5.53. The van der Waals surface area contributed by atoms with Gasteiger partial charge in [-0.3, -0.25) is 9.69 Å². The number of ether oxygens (including phenoxy) is 1. The Morgan fingerprint density at radius 3 is 2.80 bits per heavy atom. The van der Waals surface area contributed by atoms with Gasteiger partial charge in [0.15, 0.2) is 0 Å². The first-order valence-corrected chi connectivity index (χ1v) is 10.9. The summed E-state index contributed by atoms with van der Waals surface area (Å²) in [5, 5.41) is 11.3. The van der Waals surface area contributed by atoms with Crippen LogP contribution in [0.2, 0.25) is 0 Å².